The Kier molecular flexibility index (Phi) is 1.21. The number of rotatable bonds is 0. The largest absolute Gasteiger partial charge is 0.471 e. The molecule has 0 radical (unpaired) electrons. The molecule has 1 aromatic heterocycles. The van der Waals surface area contributed by atoms with E-state index in [4.69, 9.17) is 4.74 Å². The summed E-state index contributed by atoms with van der Waals surface area (Å²) in [5, 5.41) is 6.41. The summed E-state index contributed by atoms with van der Waals surface area (Å²) in [5.41, 5.74) is 3.10. The van der Waals surface area contributed by atoms with E-state index >= 15 is 0 Å². The van der Waals surface area contributed by atoms with Crippen LogP contribution in [0.2, 0.25) is 0 Å². The zero-order chi connectivity index (χ0) is 8.67. The fourth-order valence-electron chi connectivity index (χ4n) is 1.56. The van der Waals surface area contributed by atoms with Crippen molar-refractivity contribution in [1.82, 2.24) is 20.6 Å². The van der Waals surface area contributed by atoms with Crippen LogP contribution in [0, 0.1) is 0 Å². The van der Waals surface area contributed by atoms with Crippen LogP contribution in [0.1, 0.15) is 5.56 Å². The van der Waals surface area contributed by atoms with Crippen molar-refractivity contribution in [1.29, 1.82) is 0 Å². The predicted molar refractivity (Wildman–Crippen MR) is 45.6 cm³/mol. The molecule has 0 bridgehead atoms. The summed E-state index contributed by atoms with van der Waals surface area (Å²) in [6.07, 6.45) is 3.25. The summed E-state index contributed by atoms with van der Waals surface area (Å²) in [5.74, 6) is 0.657. The highest BCUT2D eigenvalue weighted by Gasteiger charge is 2.24. The molecule has 0 saturated heterocycles. The molecule has 5 heteroatoms. The minimum absolute atomic E-state index is 0.562. The van der Waals surface area contributed by atoms with E-state index in [1.54, 1.807) is 6.20 Å². The van der Waals surface area contributed by atoms with Gasteiger partial charge in [-0.25, -0.2) is 9.97 Å². The van der Waals surface area contributed by atoms with Crippen LogP contribution in [-0.2, 0) is 0 Å². The number of fused-ring (bicyclic) bond motifs is 2. The summed E-state index contributed by atoms with van der Waals surface area (Å²) in [6.45, 7) is 1.31. The molecule has 0 amide bonds. The highest BCUT2D eigenvalue weighted by molar-refractivity contribution is 5.72. The molecule has 0 aromatic carbocycles. The maximum atomic E-state index is 5.43. The molecule has 13 heavy (non-hydrogen) atoms. The van der Waals surface area contributed by atoms with Crippen molar-refractivity contribution in [2.75, 3.05) is 13.3 Å². The van der Waals surface area contributed by atoms with Crippen LogP contribution in [0.5, 0.6) is 5.88 Å². The van der Waals surface area contributed by atoms with Gasteiger partial charge in [-0.05, 0) is 0 Å². The summed E-state index contributed by atoms with van der Waals surface area (Å²) in [7, 11) is 0. The second kappa shape index (κ2) is 2.35. The smallest absolute Gasteiger partial charge is 0.226 e. The molecule has 0 atom stereocenters. The Hall–Kier alpha value is -1.78. The van der Waals surface area contributed by atoms with Gasteiger partial charge in [0.05, 0.1) is 23.6 Å². The third kappa shape index (κ3) is 0.867. The van der Waals surface area contributed by atoms with Gasteiger partial charge in [0.1, 0.15) is 12.9 Å². The van der Waals surface area contributed by atoms with Gasteiger partial charge in [-0.2, -0.15) is 0 Å². The van der Waals surface area contributed by atoms with Gasteiger partial charge in [-0.1, -0.05) is 0 Å². The Balaban J connectivity index is 2.18. The molecular formula is C8H8N4O. The van der Waals surface area contributed by atoms with Gasteiger partial charge in [-0.3, -0.25) is 0 Å². The normalized spacial score (nSPS) is 18.2. The second-order valence-corrected chi connectivity index (χ2v) is 2.91. The maximum absolute atomic E-state index is 5.43. The van der Waals surface area contributed by atoms with Crippen LogP contribution in [0.25, 0.3) is 5.70 Å². The van der Waals surface area contributed by atoms with E-state index in [0.717, 1.165) is 23.6 Å². The topological polar surface area (TPSA) is 59.1 Å². The van der Waals surface area contributed by atoms with Crippen molar-refractivity contribution in [3.8, 4) is 5.88 Å². The fourth-order valence-corrected chi connectivity index (χ4v) is 1.56. The highest BCUT2D eigenvalue weighted by Crippen LogP contribution is 2.28. The van der Waals surface area contributed by atoms with Crippen molar-refractivity contribution in [2.24, 2.45) is 0 Å². The van der Waals surface area contributed by atoms with Gasteiger partial charge in [0.25, 0.3) is 0 Å². The average molecular weight is 176 g/mol. The molecule has 0 unspecified atom stereocenters. The van der Waals surface area contributed by atoms with Crippen molar-refractivity contribution in [3.05, 3.63) is 23.8 Å². The first-order valence-corrected chi connectivity index (χ1v) is 4.09. The van der Waals surface area contributed by atoms with Gasteiger partial charge in [0.15, 0.2) is 0 Å². The standard InChI is InChI=1S/C8H8N4O/c1-5-7-6(10-4-11-7)2-13-8(5)12-3-9-1/h1,3,10-11H,2,4H2. The van der Waals surface area contributed by atoms with E-state index in [-0.39, 0.29) is 0 Å². The first-order chi connectivity index (χ1) is 6.45. The quantitative estimate of drug-likeness (QED) is 0.567. The Bertz CT molecular complexity index is 387. The third-order valence-corrected chi connectivity index (χ3v) is 2.17. The van der Waals surface area contributed by atoms with Crippen molar-refractivity contribution >= 4 is 5.70 Å². The average Bonchev–Trinajstić information content (AvgIpc) is 2.65. The number of nitrogens with one attached hydrogen (secondary N) is 2. The molecular weight excluding hydrogens is 168 g/mol. The van der Waals surface area contributed by atoms with Gasteiger partial charge in [-0.15, -0.1) is 0 Å². The van der Waals surface area contributed by atoms with Gasteiger partial charge < -0.3 is 15.4 Å². The van der Waals surface area contributed by atoms with Crippen molar-refractivity contribution in [2.45, 2.75) is 0 Å². The van der Waals surface area contributed by atoms with Crippen LogP contribution in [-0.4, -0.2) is 23.2 Å². The molecule has 2 aliphatic heterocycles. The Labute approximate surface area is 74.8 Å². The molecule has 1 aromatic rings. The van der Waals surface area contributed by atoms with Gasteiger partial charge in [0.2, 0.25) is 5.88 Å². The van der Waals surface area contributed by atoms with Gasteiger partial charge in [0, 0.05) is 6.20 Å². The van der Waals surface area contributed by atoms with Crippen LogP contribution in [0.3, 0.4) is 0 Å². The SMILES string of the molecule is c1ncc2c(n1)OCC1=C2NCN1. The van der Waals surface area contributed by atoms with Crippen LogP contribution >= 0.6 is 0 Å². The Morgan fingerprint density at radius 1 is 1.38 bits per heavy atom. The lowest BCUT2D eigenvalue weighted by Gasteiger charge is -2.16. The van der Waals surface area contributed by atoms with E-state index in [9.17, 15) is 0 Å². The molecule has 5 nitrogen and oxygen atoms in total. The predicted octanol–water partition coefficient (Wildman–Crippen LogP) is -0.312. The number of ether oxygens (including phenoxy) is 1. The molecule has 66 valence electrons. The van der Waals surface area contributed by atoms with Crippen LogP contribution < -0.4 is 15.4 Å². The zero-order valence-corrected chi connectivity index (χ0v) is 6.87. The molecule has 2 aliphatic rings. The second-order valence-electron chi connectivity index (χ2n) is 2.91. The molecule has 0 spiro atoms. The van der Waals surface area contributed by atoms with E-state index in [1.807, 2.05) is 0 Å². The molecule has 3 rings (SSSR count). The lowest BCUT2D eigenvalue weighted by atomic mass is 10.2. The lowest BCUT2D eigenvalue weighted by molar-refractivity contribution is 0.325. The number of hydrogen-bond donors (Lipinski definition) is 2. The summed E-state index contributed by atoms with van der Waals surface area (Å²) in [6, 6.07) is 0. The Morgan fingerprint density at radius 2 is 2.38 bits per heavy atom. The number of aromatic nitrogens is 2. The fraction of sp³-hybridized carbons (Fsp3) is 0.250. The van der Waals surface area contributed by atoms with E-state index in [2.05, 4.69) is 20.6 Å². The van der Waals surface area contributed by atoms with E-state index in [0.29, 0.717) is 12.5 Å². The molecule has 0 aliphatic carbocycles. The molecule has 0 saturated carbocycles. The van der Waals surface area contributed by atoms with Crippen LogP contribution in [0.15, 0.2) is 18.2 Å². The van der Waals surface area contributed by atoms with E-state index in [1.165, 1.54) is 6.33 Å². The summed E-state index contributed by atoms with van der Waals surface area (Å²) >= 11 is 0. The van der Waals surface area contributed by atoms with E-state index < -0.39 is 0 Å². The minimum Gasteiger partial charge on any atom is -0.471 e. The van der Waals surface area contributed by atoms with Crippen molar-refractivity contribution < 1.29 is 4.74 Å². The Morgan fingerprint density at radius 3 is 3.38 bits per heavy atom. The monoisotopic (exact) mass is 176 g/mol. The molecule has 0 fully saturated rings. The number of hydrogen-bond acceptors (Lipinski definition) is 5. The number of nitrogens with zero attached hydrogens (tertiary/aromatic N) is 2. The summed E-state index contributed by atoms with van der Waals surface area (Å²) in [4.78, 5) is 8.01. The molecule has 2 N–H and O–H groups in total. The van der Waals surface area contributed by atoms with Gasteiger partial charge >= 0.3 is 0 Å². The highest BCUT2D eigenvalue weighted by atomic mass is 16.5. The van der Waals surface area contributed by atoms with Crippen molar-refractivity contribution in [3.63, 3.8) is 0 Å². The molecule has 3 heterocycles. The van der Waals surface area contributed by atoms with Crippen LogP contribution in [0.4, 0.5) is 0 Å². The zero-order valence-electron chi connectivity index (χ0n) is 6.87. The minimum atomic E-state index is 0.562. The maximum Gasteiger partial charge on any atom is 0.226 e. The first kappa shape index (κ1) is 6.71. The third-order valence-electron chi connectivity index (χ3n) is 2.17. The summed E-state index contributed by atoms with van der Waals surface area (Å²) < 4.78 is 5.43. The first-order valence-electron chi connectivity index (χ1n) is 4.09. The lowest BCUT2D eigenvalue weighted by Crippen LogP contribution is -2.18.